The van der Waals surface area contributed by atoms with E-state index in [1.165, 1.54) is 32.2 Å². The molecule has 0 amide bonds. The van der Waals surface area contributed by atoms with Crippen LogP contribution in [-0.4, -0.2) is 41.3 Å². The highest BCUT2D eigenvalue weighted by atomic mass is 16.5. The Morgan fingerprint density at radius 1 is 1.33 bits per heavy atom. The highest BCUT2D eigenvalue weighted by Crippen LogP contribution is 2.27. The summed E-state index contributed by atoms with van der Waals surface area (Å²) in [5.74, 6) is 2.20. The fourth-order valence-electron chi connectivity index (χ4n) is 3.03. The fourth-order valence-corrected chi connectivity index (χ4v) is 3.03. The molecular weight excluding hydrogens is 230 g/mol. The molecular formula is C13H21N3O2. The quantitative estimate of drug-likeness (QED) is 0.821. The smallest absolute Gasteiger partial charge is 0.223 e. The molecule has 1 aliphatic carbocycles. The van der Waals surface area contributed by atoms with E-state index in [1.807, 2.05) is 6.92 Å². The second-order valence-electron chi connectivity index (χ2n) is 5.44. The molecule has 100 valence electrons. The monoisotopic (exact) mass is 251 g/mol. The van der Waals surface area contributed by atoms with Crippen molar-refractivity contribution in [2.75, 3.05) is 26.2 Å². The van der Waals surface area contributed by atoms with Crippen LogP contribution in [0.4, 0.5) is 0 Å². The van der Waals surface area contributed by atoms with E-state index in [1.54, 1.807) is 0 Å². The zero-order valence-electron chi connectivity index (χ0n) is 11.0. The summed E-state index contributed by atoms with van der Waals surface area (Å²) in [5, 5.41) is 3.97. The maximum absolute atomic E-state index is 5.75. The normalized spacial score (nSPS) is 26.8. The first-order valence-corrected chi connectivity index (χ1v) is 6.95. The zero-order chi connectivity index (χ0) is 12.4. The van der Waals surface area contributed by atoms with Crippen LogP contribution in [0.2, 0.25) is 0 Å². The van der Waals surface area contributed by atoms with Gasteiger partial charge in [-0.05, 0) is 18.8 Å². The van der Waals surface area contributed by atoms with Crippen LogP contribution in [-0.2, 0) is 4.74 Å². The van der Waals surface area contributed by atoms with Crippen molar-refractivity contribution in [1.82, 2.24) is 15.0 Å². The number of ether oxygens (including phenoxy) is 1. The summed E-state index contributed by atoms with van der Waals surface area (Å²) in [7, 11) is 0. The molecule has 18 heavy (non-hydrogen) atoms. The molecule has 1 aliphatic heterocycles. The first-order valence-electron chi connectivity index (χ1n) is 6.95. The minimum atomic E-state index is -0.0161. The molecule has 2 heterocycles. The van der Waals surface area contributed by atoms with Gasteiger partial charge in [-0.1, -0.05) is 18.0 Å². The average Bonchev–Trinajstić information content (AvgIpc) is 3.01. The molecule has 0 bridgehead atoms. The molecule has 2 aliphatic rings. The van der Waals surface area contributed by atoms with Crippen LogP contribution in [0.25, 0.3) is 0 Å². The van der Waals surface area contributed by atoms with Gasteiger partial charge in [0.1, 0.15) is 6.10 Å². The molecule has 2 fully saturated rings. The second-order valence-corrected chi connectivity index (χ2v) is 5.44. The molecule has 1 atom stereocenters. The summed E-state index contributed by atoms with van der Waals surface area (Å²) in [6.07, 6.45) is 5.58. The van der Waals surface area contributed by atoms with E-state index in [-0.39, 0.29) is 6.10 Å². The Morgan fingerprint density at radius 3 is 2.89 bits per heavy atom. The van der Waals surface area contributed by atoms with E-state index >= 15 is 0 Å². The summed E-state index contributed by atoms with van der Waals surface area (Å²) in [6, 6.07) is 0. The summed E-state index contributed by atoms with van der Waals surface area (Å²) >= 11 is 0. The Labute approximate surface area is 107 Å². The number of aromatic nitrogens is 2. The number of morpholine rings is 1. The van der Waals surface area contributed by atoms with Gasteiger partial charge in [0, 0.05) is 26.6 Å². The Hall–Kier alpha value is -0.940. The van der Waals surface area contributed by atoms with Crippen molar-refractivity contribution < 1.29 is 9.26 Å². The van der Waals surface area contributed by atoms with Gasteiger partial charge in [0.25, 0.3) is 0 Å². The van der Waals surface area contributed by atoms with Crippen molar-refractivity contribution in [1.29, 1.82) is 0 Å². The molecule has 5 heteroatoms. The van der Waals surface area contributed by atoms with Crippen molar-refractivity contribution >= 4 is 0 Å². The number of rotatable bonds is 3. The molecule has 1 saturated heterocycles. The van der Waals surface area contributed by atoms with Gasteiger partial charge in [-0.25, -0.2) is 0 Å². The third-order valence-corrected chi connectivity index (χ3v) is 3.97. The predicted molar refractivity (Wildman–Crippen MR) is 66.1 cm³/mol. The molecule has 3 rings (SSSR count). The SMILES string of the molecule is Cc1nc(C2CN(CC3CCCC3)CCO2)no1. The van der Waals surface area contributed by atoms with E-state index in [4.69, 9.17) is 9.26 Å². The third kappa shape index (κ3) is 2.72. The lowest BCUT2D eigenvalue weighted by Gasteiger charge is -2.33. The van der Waals surface area contributed by atoms with Gasteiger partial charge in [0.2, 0.25) is 11.7 Å². The van der Waals surface area contributed by atoms with E-state index < -0.39 is 0 Å². The summed E-state index contributed by atoms with van der Waals surface area (Å²) in [5.41, 5.74) is 0. The lowest BCUT2D eigenvalue weighted by Crippen LogP contribution is -2.40. The zero-order valence-corrected chi connectivity index (χ0v) is 11.0. The van der Waals surface area contributed by atoms with Gasteiger partial charge in [-0.15, -0.1) is 0 Å². The number of hydrogen-bond donors (Lipinski definition) is 0. The lowest BCUT2D eigenvalue weighted by atomic mass is 10.1. The molecule has 1 saturated carbocycles. The average molecular weight is 251 g/mol. The molecule has 0 radical (unpaired) electrons. The van der Waals surface area contributed by atoms with Crippen molar-refractivity contribution in [3.05, 3.63) is 11.7 Å². The highest BCUT2D eigenvalue weighted by Gasteiger charge is 2.27. The van der Waals surface area contributed by atoms with E-state index in [2.05, 4.69) is 15.0 Å². The topological polar surface area (TPSA) is 51.4 Å². The molecule has 1 aromatic heterocycles. The van der Waals surface area contributed by atoms with Crippen LogP contribution in [0.15, 0.2) is 4.52 Å². The maximum Gasteiger partial charge on any atom is 0.223 e. The Balaban J connectivity index is 1.57. The lowest BCUT2D eigenvalue weighted by molar-refractivity contribution is -0.0393. The van der Waals surface area contributed by atoms with Crippen LogP contribution in [0.1, 0.15) is 43.5 Å². The summed E-state index contributed by atoms with van der Waals surface area (Å²) in [6.45, 7) is 5.72. The van der Waals surface area contributed by atoms with Gasteiger partial charge >= 0.3 is 0 Å². The van der Waals surface area contributed by atoms with Crippen LogP contribution in [0.3, 0.4) is 0 Å². The van der Waals surface area contributed by atoms with Crippen LogP contribution >= 0.6 is 0 Å². The fraction of sp³-hybridized carbons (Fsp3) is 0.846. The molecule has 0 N–H and O–H groups in total. The van der Waals surface area contributed by atoms with Crippen molar-refractivity contribution in [3.63, 3.8) is 0 Å². The van der Waals surface area contributed by atoms with Crippen LogP contribution in [0, 0.1) is 12.8 Å². The van der Waals surface area contributed by atoms with Gasteiger partial charge in [0.15, 0.2) is 0 Å². The predicted octanol–water partition coefficient (Wildman–Crippen LogP) is 1.94. The molecule has 1 aromatic rings. The largest absolute Gasteiger partial charge is 0.367 e. The van der Waals surface area contributed by atoms with Gasteiger partial charge in [0.05, 0.1) is 6.61 Å². The number of nitrogens with zero attached hydrogens (tertiary/aromatic N) is 3. The molecule has 0 spiro atoms. The minimum Gasteiger partial charge on any atom is -0.367 e. The third-order valence-electron chi connectivity index (χ3n) is 3.97. The standard InChI is InChI=1S/C13H21N3O2/c1-10-14-13(15-18-10)12-9-16(6-7-17-12)8-11-4-2-3-5-11/h11-12H,2-9H2,1H3. The highest BCUT2D eigenvalue weighted by molar-refractivity contribution is 4.93. The van der Waals surface area contributed by atoms with Crippen LogP contribution < -0.4 is 0 Å². The number of aryl methyl sites for hydroxylation is 1. The minimum absolute atomic E-state index is 0.0161. The van der Waals surface area contributed by atoms with Crippen LogP contribution in [0.5, 0.6) is 0 Å². The maximum atomic E-state index is 5.75. The Kier molecular flexibility index (Phi) is 3.61. The van der Waals surface area contributed by atoms with Gasteiger partial charge in [-0.3, -0.25) is 4.90 Å². The summed E-state index contributed by atoms with van der Waals surface area (Å²) < 4.78 is 10.8. The van der Waals surface area contributed by atoms with Crippen molar-refractivity contribution in [2.45, 2.75) is 38.7 Å². The molecule has 5 nitrogen and oxygen atoms in total. The first-order chi connectivity index (χ1) is 8.81. The molecule has 1 unspecified atom stereocenters. The second kappa shape index (κ2) is 5.36. The van der Waals surface area contributed by atoms with Crippen molar-refractivity contribution in [2.24, 2.45) is 5.92 Å². The van der Waals surface area contributed by atoms with Crippen molar-refractivity contribution in [3.8, 4) is 0 Å². The Morgan fingerprint density at radius 2 is 2.17 bits per heavy atom. The van der Waals surface area contributed by atoms with Gasteiger partial charge < -0.3 is 9.26 Å². The molecule has 0 aromatic carbocycles. The van der Waals surface area contributed by atoms with E-state index in [0.717, 1.165) is 25.6 Å². The van der Waals surface area contributed by atoms with E-state index in [0.29, 0.717) is 11.7 Å². The van der Waals surface area contributed by atoms with E-state index in [9.17, 15) is 0 Å². The Bertz CT molecular complexity index is 387. The first kappa shape index (κ1) is 12.1. The summed E-state index contributed by atoms with van der Waals surface area (Å²) in [4.78, 5) is 6.77. The number of hydrogen-bond acceptors (Lipinski definition) is 5. The van der Waals surface area contributed by atoms with Gasteiger partial charge in [-0.2, -0.15) is 4.98 Å².